The molecule has 0 unspecified atom stereocenters. The lowest BCUT2D eigenvalue weighted by atomic mass is 9.89. The van der Waals surface area contributed by atoms with Crippen LogP contribution < -0.4 is 0 Å². The molecule has 0 bridgehead atoms. The van der Waals surface area contributed by atoms with Crippen LogP contribution in [-0.4, -0.2) is 37.6 Å². The molecule has 0 amide bonds. The standard InChI is InChI=1S/C14H27NO2/c1-3-4-10-17-14(16)12-15(2)11-13-8-6-5-7-9-13/h13H,3-12H2,1-2H3. The summed E-state index contributed by atoms with van der Waals surface area (Å²) in [4.78, 5) is 13.6. The normalized spacial score (nSPS) is 17.4. The molecule has 0 radical (unpaired) electrons. The van der Waals surface area contributed by atoms with E-state index in [2.05, 4.69) is 11.8 Å². The van der Waals surface area contributed by atoms with Gasteiger partial charge in [-0.25, -0.2) is 0 Å². The van der Waals surface area contributed by atoms with Crippen LogP contribution in [-0.2, 0) is 9.53 Å². The third kappa shape index (κ3) is 6.67. The maximum atomic E-state index is 11.5. The lowest BCUT2D eigenvalue weighted by molar-refractivity contribution is -0.144. The van der Waals surface area contributed by atoms with Crippen LogP contribution in [0, 0.1) is 5.92 Å². The molecule has 17 heavy (non-hydrogen) atoms. The van der Waals surface area contributed by atoms with Gasteiger partial charge >= 0.3 is 5.97 Å². The van der Waals surface area contributed by atoms with Gasteiger partial charge < -0.3 is 4.74 Å². The van der Waals surface area contributed by atoms with Gasteiger partial charge in [0, 0.05) is 6.54 Å². The van der Waals surface area contributed by atoms with Crippen molar-refractivity contribution in [1.29, 1.82) is 0 Å². The number of esters is 1. The largest absolute Gasteiger partial charge is 0.465 e. The smallest absolute Gasteiger partial charge is 0.320 e. The third-order valence-corrected chi connectivity index (χ3v) is 3.45. The van der Waals surface area contributed by atoms with Crippen molar-refractivity contribution < 1.29 is 9.53 Å². The van der Waals surface area contributed by atoms with Crippen molar-refractivity contribution in [1.82, 2.24) is 4.90 Å². The van der Waals surface area contributed by atoms with Crippen molar-refractivity contribution in [3.8, 4) is 0 Å². The molecular formula is C14H27NO2. The number of rotatable bonds is 7. The molecule has 0 aromatic carbocycles. The van der Waals surface area contributed by atoms with Crippen LogP contribution in [0.4, 0.5) is 0 Å². The van der Waals surface area contributed by atoms with Gasteiger partial charge in [-0.3, -0.25) is 9.69 Å². The zero-order valence-electron chi connectivity index (χ0n) is 11.4. The number of nitrogens with zero attached hydrogens (tertiary/aromatic N) is 1. The van der Waals surface area contributed by atoms with E-state index in [-0.39, 0.29) is 5.97 Å². The van der Waals surface area contributed by atoms with E-state index < -0.39 is 0 Å². The minimum Gasteiger partial charge on any atom is -0.465 e. The molecule has 0 atom stereocenters. The molecule has 1 aliphatic rings. The average Bonchev–Trinajstić information content (AvgIpc) is 2.30. The summed E-state index contributed by atoms with van der Waals surface area (Å²) >= 11 is 0. The highest BCUT2D eigenvalue weighted by molar-refractivity contribution is 5.71. The quantitative estimate of drug-likeness (QED) is 0.507. The Kier molecular flexibility index (Phi) is 7.25. The summed E-state index contributed by atoms with van der Waals surface area (Å²) in [6, 6.07) is 0. The molecule has 3 nitrogen and oxygen atoms in total. The van der Waals surface area contributed by atoms with E-state index in [1.165, 1.54) is 32.1 Å². The molecule has 1 aliphatic carbocycles. The van der Waals surface area contributed by atoms with Gasteiger partial charge in [0.1, 0.15) is 0 Å². The monoisotopic (exact) mass is 241 g/mol. The Morgan fingerprint density at radius 1 is 1.29 bits per heavy atom. The van der Waals surface area contributed by atoms with Gasteiger partial charge in [-0.05, 0) is 32.2 Å². The van der Waals surface area contributed by atoms with Crippen LogP contribution in [0.15, 0.2) is 0 Å². The minimum absolute atomic E-state index is 0.0724. The fraction of sp³-hybridized carbons (Fsp3) is 0.929. The van der Waals surface area contributed by atoms with E-state index in [1.54, 1.807) is 0 Å². The molecule has 0 aromatic heterocycles. The van der Waals surface area contributed by atoms with E-state index in [1.807, 2.05) is 7.05 Å². The second-order valence-electron chi connectivity index (χ2n) is 5.27. The molecule has 1 saturated carbocycles. The number of likely N-dealkylation sites (N-methyl/N-ethyl adjacent to an activating group) is 1. The summed E-state index contributed by atoms with van der Waals surface area (Å²) in [5.41, 5.74) is 0. The van der Waals surface area contributed by atoms with Crippen molar-refractivity contribution in [2.45, 2.75) is 51.9 Å². The Labute approximate surface area is 106 Å². The van der Waals surface area contributed by atoms with E-state index in [4.69, 9.17) is 4.74 Å². The van der Waals surface area contributed by atoms with Crippen molar-refractivity contribution in [2.75, 3.05) is 26.7 Å². The van der Waals surface area contributed by atoms with E-state index in [0.29, 0.717) is 13.2 Å². The van der Waals surface area contributed by atoms with Gasteiger partial charge in [0.15, 0.2) is 0 Å². The Hall–Kier alpha value is -0.570. The molecule has 1 rings (SSSR count). The Morgan fingerprint density at radius 3 is 2.65 bits per heavy atom. The lowest BCUT2D eigenvalue weighted by Gasteiger charge is -2.26. The Morgan fingerprint density at radius 2 is 2.00 bits per heavy atom. The van der Waals surface area contributed by atoms with Gasteiger partial charge in [-0.1, -0.05) is 32.6 Å². The van der Waals surface area contributed by atoms with Crippen LogP contribution in [0.5, 0.6) is 0 Å². The lowest BCUT2D eigenvalue weighted by Crippen LogP contribution is -2.32. The van der Waals surface area contributed by atoms with Crippen LogP contribution in [0.3, 0.4) is 0 Å². The minimum atomic E-state index is -0.0724. The summed E-state index contributed by atoms with van der Waals surface area (Å²) in [5, 5.41) is 0. The first-order chi connectivity index (χ1) is 8.22. The SMILES string of the molecule is CCCCOC(=O)CN(C)CC1CCCCC1. The number of hydrogen-bond acceptors (Lipinski definition) is 3. The second kappa shape index (κ2) is 8.51. The predicted octanol–water partition coefficient (Wildman–Crippen LogP) is 2.84. The average molecular weight is 241 g/mol. The van der Waals surface area contributed by atoms with Crippen molar-refractivity contribution in [3.05, 3.63) is 0 Å². The van der Waals surface area contributed by atoms with Gasteiger partial charge in [-0.15, -0.1) is 0 Å². The zero-order valence-corrected chi connectivity index (χ0v) is 11.4. The number of unbranched alkanes of at least 4 members (excludes halogenated alkanes) is 1. The number of carbonyl (C=O) groups is 1. The number of carbonyl (C=O) groups excluding carboxylic acids is 1. The summed E-state index contributed by atoms with van der Waals surface area (Å²) in [7, 11) is 2.02. The van der Waals surface area contributed by atoms with Crippen molar-refractivity contribution in [3.63, 3.8) is 0 Å². The molecule has 100 valence electrons. The molecule has 0 saturated heterocycles. The molecule has 3 heteroatoms. The summed E-state index contributed by atoms with van der Waals surface area (Å²) < 4.78 is 5.16. The zero-order chi connectivity index (χ0) is 12.5. The molecule has 0 aromatic rings. The molecule has 0 aliphatic heterocycles. The van der Waals surface area contributed by atoms with E-state index in [9.17, 15) is 4.79 Å². The second-order valence-corrected chi connectivity index (χ2v) is 5.27. The molecule has 0 N–H and O–H groups in total. The highest BCUT2D eigenvalue weighted by Gasteiger charge is 2.16. The topological polar surface area (TPSA) is 29.5 Å². The molecule has 0 spiro atoms. The van der Waals surface area contributed by atoms with Crippen LogP contribution in [0.25, 0.3) is 0 Å². The molecular weight excluding hydrogens is 214 g/mol. The van der Waals surface area contributed by atoms with Gasteiger partial charge in [-0.2, -0.15) is 0 Å². The summed E-state index contributed by atoms with van der Waals surface area (Å²) in [6.45, 7) is 4.17. The number of hydrogen-bond donors (Lipinski definition) is 0. The fourth-order valence-corrected chi connectivity index (χ4v) is 2.47. The Balaban J connectivity index is 2.10. The van der Waals surface area contributed by atoms with Crippen molar-refractivity contribution in [2.24, 2.45) is 5.92 Å². The molecule has 1 fully saturated rings. The highest BCUT2D eigenvalue weighted by atomic mass is 16.5. The Bertz CT molecular complexity index is 212. The van der Waals surface area contributed by atoms with E-state index >= 15 is 0 Å². The first-order valence-corrected chi connectivity index (χ1v) is 7.06. The van der Waals surface area contributed by atoms with Crippen LogP contribution in [0.2, 0.25) is 0 Å². The molecule has 0 heterocycles. The van der Waals surface area contributed by atoms with Crippen molar-refractivity contribution >= 4 is 5.97 Å². The van der Waals surface area contributed by atoms with Gasteiger partial charge in [0.05, 0.1) is 13.2 Å². The first-order valence-electron chi connectivity index (χ1n) is 7.06. The van der Waals surface area contributed by atoms with E-state index in [0.717, 1.165) is 25.3 Å². The predicted molar refractivity (Wildman–Crippen MR) is 69.9 cm³/mol. The van der Waals surface area contributed by atoms with Gasteiger partial charge in [0.2, 0.25) is 0 Å². The summed E-state index contributed by atoms with van der Waals surface area (Å²) in [6.07, 6.45) is 8.81. The maximum Gasteiger partial charge on any atom is 0.320 e. The first kappa shape index (κ1) is 14.5. The summed E-state index contributed by atoms with van der Waals surface area (Å²) in [5.74, 6) is 0.717. The third-order valence-electron chi connectivity index (χ3n) is 3.45. The van der Waals surface area contributed by atoms with Crippen LogP contribution in [0.1, 0.15) is 51.9 Å². The highest BCUT2D eigenvalue weighted by Crippen LogP contribution is 2.23. The maximum absolute atomic E-state index is 11.5. The van der Waals surface area contributed by atoms with Crippen LogP contribution >= 0.6 is 0 Å². The fourth-order valence-electron chi connectivity index (χ4n) is 2.47. The number of ether oxygens (including phenoxy) is 1. The van der Waals surface area contributed by atoms with Gasteiger partial charge in [0.25, 0.3) is 0 Å².